The summed E-state index contributed by atoms with van der Waals surface area (Å²) in [5, 5.41) is 5.34. The lowest BCUT2D eigenvalue weighted by Crippen LogP contribution is -2.43. The molecule has 1 aliphatic rings. The van der Waals surface area contributed by atoms with Gasteiger partial charge in [-0.25, -0.2) is 4.79 Å². The Hall–Kier alpha value is -2.57. The van der Waals surface area contributed by atoms with Crippen LogP contribution in [0.5, 0.6) is 0 Å². The molecule has 0 radical (unpaired) electrons. The van der Waals surface area contributed by atoms with Crippen LogP contribution >= 0.6 is 0 Å². The Labute approximate surface area is 147 Å². The summed E-state index contributed by atoms with van der Waals surface area (Å²) < 4.78 is 4.86. The molecule has 1 heterocycles. The van der Waals surface area contributed by atoms with Crippen LogP contribution in [0.3, 0.4) is 0 Å². The largest absolute Gasteiger partial charge is 0.456 e. The number of nitrogens with one attached hydrogen (secondary N) is 2. The van der Waals surface area contributed by atoms with E-state index in [1.807, 2.05) is 25.1 Å². The first kappa shape index (κ1) is 18.8. The van der Waals surface area contributed by atoms with Gasteiger partial charge in [0, 0.05) is 26.2 Å². The van der Waals surface area contributed by atoms with Crippen molar-refractivity contribution in [1.82, 2.24) is 15.5 Å². The Bertz CT molecular complexity index is 618. The first-order valence-electron chi connectivity index (χ1n) is 8.62. The number of benzene rings is 1. The highest BCUT2D eigenvalue weighted by Crippen LogP contribution is 2.18. The molecule has 2 rings (SSSR count). The molecular weight excluding hydrogens is 322 g/mol. The first-order valence-corrected chi connectivity index (χ1v) is 8.62. The Balaban J connectivity index is 1.64. The fourth-order valence-corrected chi connectivity index (χ4v) is 2.59. The predicted octanol–water partition coefficient (Wildman–Crippen LogP) is 1.21. The molecule has 7 heteroatoms. The van der Waals surface area contributed by atoms with Crippen molar-refractivity contribution in [3.63, 3.8) is 0 Å². The van der Waals surface area contributed by atoms with E-state index in [0.717, 1.165) is 18.4 Å². The number of esters is 1. The van der Waals surface area contributed by atoms with Crippen molar-refractivity contribution in [2.75, 3.05) is 26.2 Å². The summed E-state index contributed by atoms with van der Waals surface area (Å²) in [5.74, 6) is -0.817. The molecule has 1 aromatic carbocycles. The van der Waals surface area contributed by atoms with Crippen molar-refractivity contribution < 1.29 is 19.1 Å². The number of ether oxygens (including phenoxy) is 1. The van der Waals surface area contributed by atoms with Gasteiger partial charge in [-0.3, -0.25) is 9.59 Å². The Morgan fingerprint density at radius 3 is 2.64 bits per heavy atom. The molecule has 0 saturated carbocycles. The number of rotatable bonds is 7. The number of urea groups is 1. The van der Waals surface area contributed by atoms with Crippen LogP contribution in [0.25, 0.3) is 0 Å². The lowest BCUT2D eigenvalue weighted by molar-refractivity contribution is -0.148. The zero-order valence-electron chi connectivity index (χ0n) is 14.5. The quantitative estimate of drug-likeness (QED) is 0.726. The minimum atomic E-state index is -0.504. The van der Waals surface area contributed by atoms with Gasteiger partial charge < -0.3 is 20.3 Å². The van der Waals surface area contributed by atoms with Crippen LogP contribution in [0.2, 0.25) is 0 Å². The molecule has 0 fully saturated rings. The van der Waals surface area contributed by atoms with Gasteiger partial charge in [0.05, 0.1) is 6.42 Å². The summed E-state index contributed by atoms with van der Waals surface area (Å²) in [7, 11) is 0. The molecule has 2 N–H and O–H groups in total. The van der Waals surface area contributed by atoms with E-state index < -0.39 is 5.97 Å². The number of hydrogen-bond donors (Lipinski definition) is 2. The van der Waals surface area contributed by atoms with Gasteiger partial charge in [-0.2, -0.15) is 0 Å². The second-order valence-electron chi connectivity index (χ2n) is 5.93. The van der Waals surface area contributed by atoms with Gasteiger partial charge in [-0.1, -0.05) is 31.2 Å². The molecule has 0 aromatic heterocycles. The number of carbonyl (C=O) groups excluding carboxylic acids is 3. The van der Waals surface area contributed by atoms with Crippen molar-refractivity contribution in [1.29, 1.82) is 0 Å². The third kappa shape index (κ3) is 6.10. The van der Waals surface area contributed by atoms with E-state index in [0.29, 0.717) is 19.6 Å². The van der Waals surface area contributed by atoms with E-state index in [4.69, 9.17) is 4.74 Å². The van der Waals surface area contributed by atoms with E-state index >= 15 is 0 Å². The third-order valence-electron chi connectivity index (χ3n) is 3.96. The Morgan fingerprint density at radius 1 is 1.12 bits per heavy atom. The van der Waals surface area contributed by atoms with Gasteiger partial charge in [-0.15, -0.1) is 0 Å². The highest BCUT2D eigenvalue weighted by Gasteiger charge is 2.20. The first-order chi connectivity index (χ1) is 12.1. The Kier molecular flexibility index (Phi) is 7.25. The van der Waals surface area contributed by atoms with Crippen LogP contribution in [0.1, 0.15) is 30.9 Å². The predicted molar refractivity (Wildman–Crippen MR) is 92.8 cm³/mol. The molecule has 0 atom stereocenters. The molecule has 1 aromatic rings. The fraction of sp³-hybridized carbons (Fsp3) is 0.500. The van der Waals surface area contributed by atoms with Crippen molar-refractivity contribution in [2.24, 2.45) is 0 Å². The average Bonchev–Trinajstić information content (AvgIpc) is 2.64. The van der Waals surface area contributed by atoms with E-state index in [1.54, 1.807) is 4.90 Å². The number of nitrogens with zero attached hydrogens (tertiary/aromatic N) is 1. The van der Waals surface area contributed by atoms with Crippen LogP contribution in [0.4, 0.5) is 4.79 Å². The smallest absolute Gasteiger partial charge is 0.317 e. The lowest BCUT2D eigenvalue weighted by atomic mass is 10.0. The van der Waals surface area contributed by atoms with Crippen molar-refractivity contribution >= 4 is 17.9 Å². The van der Waals surface area contributed by atoms with E-state index in [1.165, 1.54) is 5.56 Å². The maximum absolute atomic E-state index is 12.2. The van der Waals surface area contributed by atoms with E-state index in [2.05, 4.69) is 16.7 Å². The SMILES string of the molecule is CCCNC(=O)COC(=O)CCNC(=O)N1CCc2ccccc2C1. The van der Waals surface area contributed by atoms with Gasteiger partial charge in [0.2, 0.25) is 0 Å². The standard InChI is InChI=1S/C18H25N3O4/c1-2-9-19-16(22)13-25-17(23)7-10-20-18(24)21-11-8-14-5-3-4-6-15(14)12-21/h3-6H,2,7-13H2,1H3,(H,19,22)(H,20,24). The molecule has 0 saturated heterocycles. The summed E-state index contributed by atoms with van der Waals surface area (Å²) in [6.07, 6.45) is 1.70. The van der Waals surface area contributed by atoms with Gasteiger partial charge in [-0.05, 0) is 24.0 Å². The number of amides is 3. The molecule has 25 heavy (non-hydrogen) atoms. The second kappa shape index (κ2) is 9.66. The van der Waals surface area contributed by atoms with Gasteiger partial charge in [0.25, 0.3) is 5.91 Å². The summed E-state index contributed by atoms with van der Waals surface area (Å²) in [6.45, 7) is 3.64. The lowest BCUT2D eigenvalue weighted by Gasteiger charge is -2.28. The fourth-order valence-electron chi connectivity index (χ4n) is 2.59. The topological polar surface area (TPSA) is 87.7 Å². The molecule has 3 amide bonds. The van der Waals surface area contributed by atoms with Crippen LogP contribution in [0.15, 0.2) is 24.3 Å². The second-order valence-corrected chi connectivity index (χ2v) is 5.93. The maximum atomic E-state index is 12.2. The molecule has 1 aliphatic heterocycles. The van der Waals surface area contributed by atoms with Crippen molar-refractivity contribution in [2.45, 2.75) is 32.7 Å². The summed E-state index contributed by atoms with van der Waals surface area (Å²) in [4.78, 5) is 36.8. The van der Waals surface area contributed by atoms with Crippen LogP contribution < -0.4 is 10.6 Å². The average molecular weight is 347 g/mol. The van der Waals surface area contributed by atoms with E-state index in [9.17, 15) is 14.4 Å². The van der Waals surface area contributed by atoms with Crippen LogP contribution in [0, 0.1) is 0 Å². The summed E-state index contributed by atoms with van der Waals surface area (Å²) in [6, 6.07) is 7.88. The monoisotopic (exact) mass is 347 g/mol. The molecule has 0 unspecified atom stereocenters. The molecule has 7 nitrogen and oxygen atoms in total. The third-order valence-corrected chi connectivity index (χ3v) is 3.96. The number of carbonyl (C=O) groups is 3. The highest BCUT2D eigenvalue weighted by atomic mass is 16.5. The zero-order valence-corrected chi connectivity index (χ0v) is 14.5. The van der Waals surface area contributed by atoms with Crippen LogP contribution in [-0.2, 0) is 27.3 Å². The van der Waals surface area contributed by atoms with Crippen molar-refractivity contribution in [3.05, 3.63) is 35.4 Å². The summed E-state index contributed by atoms with van der Waals surface area (Å²) in [5.41, 5.74) is 2.43. The molecule has 0 aliphatic carbocycles. The summed E-state index contributed by atoms with van der Waals surface area (Å²) >= 11 is 0. The Morgan fingerprint density at radius 2 is 1.88 bits per heavy atom. The van der Waals surface area contributed by atoms with Crippen LogP contribution in [-0.4, -0.2) is 49.0 Å². The molecule has 0 spiro atoms. The molecular formula is C18H25N3O4. The van der Waals surface area contributed by atoms with Gasteiger partial charge in [0.15, 0.2) is 6.61 Å². The highest BCUT2D eigenvalue weighted by molar-refractivity contribution is 5.80. The number of fused-ring (bicyclic) bond motifs is 1. The van der Waals surface area contributed by atoms with E-state index in [-0.39, 0.29) is 31.5 Å². The maximum Gasteiger partial charge on any atom is 0.317 e. The van der Waals surface area contributed by atoms with Crippen molar-refractivity contribution in [3.8, 4) is 0 Å². The minimum absolute atomic E-state index is 0.0389. The zero-order chi connectivity index (χ0) is 18.1. The van der Waals surface area contributed by atoms with Gasteiger partial charge in [0.1, 0.15) is 0 Å². The van der Waals surface area contributed by atoms with Gasteiger partial charge >= 0.3 is 12.0 Å². The molecule has 0 bridgehead atoms. The molecule has 136 valence electrons. The number of hydrogen-bond acceptors (Lipinski definition) is 4. The normalized spacial score (nSPS) is 12.9. The minimum Gasteiger partial charge on any atom is -0.456 e.